The summed E-state index contributed by atoms with van der Waals surface area (Å²) in [6, 6.07) is 0. The molecule has 0 aromatic carbocycles. The quantitative estimate of drug-likeness (QED) is 0.474. The SMILES string of the molecule is CCN(CC)CCNS(=O)(=O)c1c(NN)nc2sccn12. The number of hydrazine groups is 1. The number of thiazole rings is 1. The summed E-state index contributed by atoms with van der Waals surface area (Å²) in [6.45, 7) is 6.85. The highest BCUT2D eigenvalue weighted by Crippen LogP contribution is 2.24. The van der Waals surface area contributed by atoms with Gasteiger partial charge in [-0.3, -0.25) is 4.40 Å². The van der Waals surface area contributed by atoms with E-state index in [0.717, 1.165) is 13.1 Å². The molecule has 4 N–H and O–H groups in total. The number of likely N-dealkylation sites (N-methyl/N-ethyl adjacent to an activating group) is 1. The molecule has 118 valence electrons. The number of nitrogens with two attached hydrogens (primary N) is 1. The zero-order valence-corrected chi connectivity index (χ0v) is 13.7. The van der Waals surface area contributed by atoms with Crippen molar-refractivity contribution in [3.63, 3.8) is 0 Å². The summed E-state index contributed by atoms with van der Waals surface area (Å²) < 4.78 is 29.0. The average molecular weight is 332 g/mol. The van der Waals surface area contributed by atoms with Gasteiger partial charge >= 0.3 is 0 Å². The number of imidazole rings is 1. The molecule has 0 amide bonds. The summed E-state index contributed by atoms with van der Waals surface area (Å²) in [5.41, 5.74) is 2.34. The summed E-state index contributed by atoms with van der Waals surface area (Å²) >= 11 is 1.35. The van der Waals surface area contributed by atoms with Gasteiger partial charge in [0.1, 0.15) is 0 Å². The molecule has 8 nitrogen and oxygen atoms in total. The van der Waals surface area contributed by atoms with Gasteiger partial charge < -0.3 is 10.3 Å². The van der Waals surface area contributed by atoms with Crippen LogP contribution in [0.25, 0.3) is 4.96 Å². The second-order valence-corrected chi connectivity index (χ2v) is 6.95. The number of hydrogen-bond acceptors (Lipinski definition) is 7. The smallest absolute Gasteiger partial charge is 0.260 e. The number of hydrogen-bond donors (Lipinski definition) is 3. The zero-order valence-electron chi connectivity index (χ0n) is 12.0. The maximum Gasteiger partial charge on any atom is 0.260 e. The number of sulfonamides is 1. The van der Waals surface area contributed by atoms with Crippen LogP contribution in [0.3, 0.4) is 0 Å². The van der Waals surface area contributed by atoms with Gasteiger partial charge in [-0.05, 0) is 13.1 Å². The molecule has 2 rings (SSSR count). The highest BCUT2D eigenvalue weighted by atomic mass is 32.2. The maximum absolute atomic E-state index is 12.5. The van der Waals surface area contributed by atoms with E-state index in [-0.39, 0.29) is 10.8 Å². The Morgan fingerprint density at radius 3 is 2.76 bits per heavy atom. The van der Waals surface area contributed by atoms with Crippen LogP contribution in [-0.2, 0) is 10.0 Å². The van der Waals surface area contributed by atoms with Crippen LogP contribution >= 0.6 is 11.3 Å². The number of nitrogens with zero attached hydrogens (tertiary/aromatic N) is 3. The van der Waals surface area contributed by atoms with Crippen molar-refractivity contribution in [3.05, 3.63) is 11.6 Å². The minimum Gasteiger partial charge on any atom is -0.306 e. The van der Waals surface area contributed by atoms with Crippen molar-refractivity contribution in [1.82, 2.24) is 19.0 Å². The summed E-state index contributed by atoms with van der Waals surface area (Å²) in [7, 11) is -3.68. The molecule has 0 aliphatic rings. The van der Waals surface area contributed by atoms with Crippen molar-refractivity contribution in [2.45, 2.75) is 18.9 Å². The van der Waals surface area contributed by atoms with E-state index in [2.05, 4.69) is 20.0 Å². The summed E-state index contributed by atoms with van der Waals surface area (Å²) in [5, 5.41) is 1.82. The van der Waals surface area contributed by atoms with E-state index in [0.29, 0.717) is 18.1 Å². The van der Waals surface area contributed by atoms with Gasteiger partial charge in [0.05, 0.1) is 0 Å². The Bertz CT molecular complexity index is 689. The number of nitrogens with one attached hydrogen (secondary N) is 2. The molecule has 0 saturated heterocycles. The zero-order chi connectivity index (χ0) is 15.5. The first kappa shape index (κ1) is 16.2. The first-order valence-corrected chi connectivity index (χ1v) is 9.04. The minimum atomic E-state index is -3.68. The van der Waals surface area contributed by atoms with E-state index in [9.17, 15) is 8.42 Å². The molecule has 0 fully saturated rings. The molecule has 0 bridgehead atoms. The van der Waals surface area contributed by atoms with E-state index in [1.54, 1.807) is 11.6 Å². The minimum absolute atomic E-state index is 0.0424. The lowest BCUT2D eigenvalue weighted by Crippen LogP contribution is -2.35. The Morgan fingerprint density at radius 1 is 1.43 bits per heavy atom. The number of fused-ring (bicyclic) bond motifs is 1. The molecule has 10 heteroatoms. The Kier molecular flexibility index (Phi) is 5.17. The maximum atomic E-state index is 12.5. The van der Waals surface area contributed by atoms with E-state index < -0.39 is 10.0 Å². The van der Waals surface area contributed by atoms with Crippen LogP contribution in [0.5, 0.6) is 0 Å². The fourth-order valence-corrected chi connectivity index (χ4v) is 4.10. The molecule has 2 heterocycles. The molecule has 2 aromatic rings. The monoisotopic (exact) mass is 332 g/mol. The van der Waals surface area contributed by atoms with Gasteiger partial charge in [-0.2, -0.15) is 4.98 Å². The van der Waals surface area contributed by atoms with Crippen LogP contribution in [0.15, 0.2) is 16.6 Å². The number of nitrogen functional groups attached to an aromatic ring is 1. The van der Waals surface area contributed by atoms with Crippen molar-refractivity contribution in [3.8, 4) is 0 Å². The molecule has 0 aliphatic heterocycles. The normalized spacial score (nSPS) is 12.4. The number of anilines is 1. The molecular weight excluding hydrogens is 312 g/mol. The molecule has 0 unspecified atom stereocenters. The van der Waals surface area contributed by atoms with Crippen molar-refractivity contribution < 1.29 is 8.42 Å². The molecule has 2 aromatic heterocycles. The first-order valence-electron chi connectivity index (χ1n) is 6.67. The molecular formula is C11H20N6O2S2. The van der Waals surface area contributed by atoms with Crippen LogP contribution in [-0.4, -0.2) is 48.9 Å². The van der Waals surface area contributed by atoms with Crippen molar-refractivity contribution in [1.29, 1.82) is 0 Å². The van der Waals surface area contributed by atoms with Gasteiger partial charge in [-0.1, -0.05) is 13.8 Å². The Balaban J connectivity index is 2.19. The van der Waals surface area contributed by atoms with Crippen LogP contribution < -0.4 is 16.0 Å². The highest BCUT2D eigenvalue weighted by molar-refractivity contribution is 7.89. The largest absolute Gasteiger partial charge is 0.306 e. The van der Waals surface area contributed by atoms with Crippen LogP contribution in [0.1, 0.15) is 13.8 Å². The summed E-state index contributed by atoms with van der Waals surface area (Å²) in [4.78, 5) is 6.86. The predicted octanol–water partition coefficient (Wildman–Crippen LogP) is 0.302. The van der Waals surface area contributed by atoms with E-state index in [1.807, 2.05) is 13.8 Å². The fraction of sp³-hybridized carbons (Fsp3) is 0.545. The predicted molar refractivity (Wildman–Crippen MR) is 83.9 cm³/mol. The van der Waals surface area contributed by atoms with Crippen molar-refractivity contribution in [2.75, 3.05) is 31.6 Å². The number of rotatable bonds is 8. The molecule has 0 aliphatic carbocycles. The van der Waals surface area contributed by atoms with E-state index >= 15 is 0 Å². The molecule has 0 saturated carbocycles. The Hall–Kier alpha value is -1.20. The lowest BCUT2D eigenvalue weighted by atomic mass is 10.5. The molecule has 21 heavy (non-hydrogen) atoms. The van der Waals surface area contributed by atoms with Gasteiger partial charge in [0.25, 0.3) is 10.0 Å². The van der Waals surface area contributed by atoms with Gasteiger partial charge in [0.2, 0.25) is 5.03 Å². The topological polar surface area (TPSA) is 105 Å². The third-order valence-corrected chi connectivity index (χ3v) is 5.46. The second-order valence-electron chi connectivity index (χ2n) is 4.39. The van der Waals surface area contributed by atoms with Gasteiger partial charge in [-0.15, -0.1) is 11.3 Å². The van der Waals surface area contributed by atoms with Crippen molar-refractivity contribution in [2.24, 2.45) is 5.84 Å². The second kappa shape index (κ2) is 6.71. The van der Waals surface area contributed by atoms with Crippen LogP contribution in [0, 0.1) is 0 Å². The third-order valence-electron chi connectivity index (χ3n) is 3.22. The van der Waals surface area contributed by atoms with Crippen LogP contribution in [0.2, 0.25) is 0 Å². The highest BCUT2D eigenvalue weighted by Gasteiger charge is 2.25. The lowest BCUT2D eigenvalue weighted by Gasteiger charge is -2.18. The van der Waals surface area contributed by atoms with Gasteiger partial charge in [0, 0.05) is 24.7 Å². The summed E-state index contributed by atoms with van der Waals surface area (Å²) in [5.74, 6) is 5.52. The first-order chi connectivity index (χ1) is 10.0. The average Bonchev–Trinajstić information content (AvgIpc) is 3.03. The van der Waals surface area contributed by atoms with E-state index in [1.165, 1.54) is 15.7 Å². The molecule has 0 atom stereocenters. The fourth-order valence-electron chi connectivity index (χ4n) is 2.06. The summed E-state index contributed by atoms with van der Waals surface area (Å²) in [6.07, 6.45) is 1.66. The molecule has 0 spiro atoms. The van der Waals surface area contributed by atoms with Crippen molar-refractivity contribution >= 4 is 32.1 Å². The lowest BCUT2D eigenvalue weighted by molar-refractivity contribution is 0.309. The van der Waals surface area contributed by atoms with E-state index in [4.69, 9.17) is 5.84 Å². The molecule has 0 radical (unpaired) electrons. The Morgan fingerprint density at radius 2 is 2.14 bits per heavy atom. The van der Waals surface area contributed by atoms with Gasteiger partial charge in [-0.25, -0.2) is 19.0 Å². The van der Waals surface area contributed by atoms with Crippen LogP contribution in [0.4, 0.5) is 5.82 Å². The third kappa shape index (κ3) is 3.35. The van der Waals surface area contributed by atoms with Gasteiger partial charge in [0.15, 0.2) is 10.8 Å². The Labute approximate surface area is 128 Å². The standard InChI is InChI=1S/C11H20N6O2S2/c1-3-16(4-2)6-5-13-21(18,19)10-9(15-12)14-11-17(10)7-8-20-11/h7-8,13,15H,3-6,12H2,1-2H3. The number of aromatic nitrogens is 2.